The summed E-state index contributed by atoms with van der Waals surface area (Å²) in [5.74, 6) is 2.55. The van der Waals surface area contributed by atoms with Crippen LogP contribution in [-0.2, 0) is 6.54 Å². The van der Waals surface area contributed by atoms with Crippen molar-refractivity contribution in [3.63, 3.8) is 0 Å². The second-order valence-electron chi connectivity index (χ2n) is 7.19. The molecule has 28 heavy (non-hydrogen) atoms. The molecule has 2 N–H and O–H groups in total. The molecule has 1 aromatic heterocycles. The molecule has 0 unspecified atom stereocenters. The highest BCUT2D eigenvalue weighted by Crippen LogP contribution is 2.33. The monoisotopic (exact) mass is 419 g/mol. The number of hydrogen-bond acceptors (Lipinski definition) is 4. The quantitative estimate of drug-likeness (QED) is 0.652. The summed E-state index contributed by atoms with van der Waals surface area (Å²) < 4.78 is 6.00. The maximum absolute atomic E-state index is 6.04. The molecular weight excluding hydrogens is 393 g/mol. The van der Waals surface area contributed by atoms with Gasteiger partial charge in [0.25, 0.3) is 0 Å². The van der Waals surface area contributed by atoms with Crippen LogP contribution in [0.15, 0.2) is 65.2 Å². The number of nitrogens with two attached hydrogens (primary N) is 1. The van der Waals surface area contributed by atoms with Gasteiger partial charge in [0.05, 0.1) is 12.7 Å². The second kappa shape index (κ2) is 10.1. The number of rotatable bonds is 5. The second-order valence-corrected chi connectivity index (χ2v) is 7.19. The third-order valence-electron chi connectivity index (χ3n) is 5.30. The molecule has 0 radical (unpaired) electrons. The molecule has 1 fully saturated rings. The number of aryl methyl sites for hydroxylation is 1. The number of aromatic nitrogens is 1. The molecule has 2 atom stereocenters. The average molecular weight is 420 g/mol. The van der Waals surface area contributed by atoms with Gasteiger partial charge >= 0.3 is 0 Å². The summed E-state index contributed by atoms with van der Waals surface area (Å²) in [6, 6.07) is 19.0. The highest BCUT2D eigenvalue weighted by atomic mass is 35.5. The van der Waals surface area contributed by atoms with Crippen molar-refractivity contribution in [3.8, 4) is 11.3 Å². The standard InChI is InChI=1S/C22H25N3O.2ClH/c1-16-7-9-18(10-8-16)21-12-24-22(26-21)15-25-13-19(11-23)20(14-25)17-5-3-2-4-6-17;;/h2-10,12,19-20H,11,13-15,23H2,1H3;2*1H/t19-,20+;;/m1../s1. The fraction of sp³-hybridized carbons (Fsp3) is 0.318. The van der Waals surface area contributed by atoms with Crippen molar-refractivity contribution in [1.82, 2.24) is 9.88 Å². The molecule has 0 amide bonds. The predicted molar refractivity (Wildman–Crippen MR) is 118 cm³/mol. The molecule has 0 bridgehead atoms. The molecule has 1 aliphatic rings. The van der Waals surface area contributed by atoms with E-state index < -0.39 is 0 Å². The molecule has 2 aromatic carbocycles. The number of hydrogen-bond donors (Lipinski definition) is 1. The minimum Gasteiger partial charge on any atom is -0.439 e. The largest absolute Gasteiger partial charge is 0.439 e. The zero-order valence-electron chi connectivity index (χ0n) is 16.0. The lowest BCUT2D eigenvalue weighted by atomic mass is 9.89. The molecule has 0 aliphatic carbocycles. The first-order valence-electron chi connectivity index (χ1n) is 9.22. The minimum atomic E-state index is 0. The van der Waals surface area contributed by atoms with E-state index in [0.717, 1.165) is 36.8 Å². The van der Waals surface area contributed by atoms with Crippen LogP contribution in [0.5, 0.6) is 0 Å². The number of oxazole rings is 1. The molecule has 1 aliphatic heterocycles. The lowest BCUT2D eigenvalue weighted by molar-refractivity contribution is 0.281. The van der Waals surface area contributed by atoms with Crippen LogP contribution in [0.25, 0.3) is 11.3 Å². The molecule has 4 rings (SSSR count). The molecule has 0 saturated carbocycles. The van der Waals surface area contributed by atoms with Gasteiger partial charge in [-0.1, -0.05) is 60.2 Å². The van der Waals surface area contributed by atoms with Crippen LogP contribution in [0.4, 0.5) is 0 Å². The first-order valence-corrected chi connectivity index (χ1v) is 9.22. The molecular formula is C22H27Cl2N3O. The molecule has 1 saturated heterocycles. The Morgan fingerprint density at radius 1 is 1.04 bits per heavy atom. The van der Waals surface area contributed by atoms with Gasteiger partial charge < -0.3 is 10.2 Å². The molecule has 150 valence electrons. The maximum Gasteiger partial charge on any atom is 0.209 e. The Hall–Kier alpha value is -1.85. The summed E-state index contributed by atoms with van der Waals surface area (Å²) in [5.41, 5.74) is 9.73. The van der Waals surface area contributed by atoms with Crippen LogP contribution in [0.3, 0.4) is 0 Å². The maximum atomic E-state index is 6.04. The van der Waals surface area contributed by atoms with Crippen LogP contribution in [0, 0.1) is 12.8 Å². The first-order chi connectivity index (χ1) is 12.7. The third kappa shape index (κ3) is 4.95. The van der Waals surface area contributed by atoms with Crippen LogP contribution in [0.1, 0.15) is 22.9 Å². The van der Waals surface area contributed by atoms with Gasteiger partial charge in [-0.3, -0.25) is 4.90 Å². The van der Waals surface area contributed by atoms with E-state index in [9.17, 15) is 0 Å². The summed E-state index contributed by atoms with van der Waals surface area (Å²) in [5, 5.41) is 0. The van der Waals surface area contributed by atoms with Gasteiger partial charge in [-0.2, -0.15) is 0 Å². The summed E-state index contributed by atoms with van der Waals surface area (Å²) in [6.07, 6.45) is 1.82. The van der Waals surface area contributed by atoms with Gasteiger partial charge in [-0.15, -0.1) is 24.8 Å². The highest BCUT2D eigenvalue weighted by molar-refractivity contribution is 5.85. The molecule has 0 spiro atoms. The van der Waals surface area contributed by atoms with Crippen molar-refractivity contribution >= 4 is 24.8 Å². The smallest absolute Gasteiger partial charge is 0.209 e. The Bertz CT molecular complexity index is 852. The molecule has 6 heteroatoms. The highest BCUT2D eigenvalue weighted by Gasteiger charge is 2.33. The van der Waals surface area contributed by atoms with Crippen LogP contribution in [-0.4, -0.2) is 29.5 Å². The van der Waals surface area contributed by atoms with E-state index in [2.05, 4.69) is 71.4 Å². The molecule has 4 nitrogen and oxygen atoms in total. The number of likely N-dealkylation sites (tertiary alicyclic amines) is 1. The number of nitrogens with zero attached hydrogens (tertiary/aromatic N) is 2. The van der Waals surface area contributed by atoms with E-state index in [1.54, 1.807) is 0 Å². The molecule has 3 aromatic rings. The van der Waals surface area contributed by atoms with Crippen molar-refractivity contribution in [1.29, 1.82) is 0 Å². The first kappa shape index (κ1) is 22.4. The lowest BCUT2D eigenvalue weighted by Crippen LogP contribution is -2.23. The Kier molecular flexibility index (Phi) is 8.08. The van der Waals surface area contributed by atoms with Gasteiger partial charge in [-0.25, -0.2) is 4.98 Å². The molecule has 2 heterocycles. The van der Waals surface area contributed by atoms with Crippen molar-refractivity contribution < 1.29 is 4.42 Å². The number of benzene rings is 2. The van der Waals surface area contributed by atoms with Crippen molar-refractivity contribution in [2.75, 3.05) is 19.6 Å². The topological polar surface area (TPSA) is 55.3 Å². The Morgan fingerprint density at radius 2 is 1.75 bits per heavy atom. The van der Waals surface area contributed by atoms with Gasteiger partial charge in [0.15, 0.2) is 5.76 Å². The summed E-state index contributed by atoms with van der Waals surface area (Å²) in [6.45, 7) is 5.49. The number of halogens is 2. The summed E-state index contributed by atoms with van der Waals surface area (Å²) in [4.78, 5) is 6.89. The zero-order chi connectivity index (χ0) is 17.9. The SMILES string of the molecule is Cc1ccc(-c2cnc(CN3C[C@@H](CN)[C@H](c4ccccc4)C3)o2)cc1.Cl.Cl. The zero-order valence-corrected chi connectivity index (χ0v) is 17.6. The minimum absolute atomic E-state index is 0. The lowest BCUT2D eigenvalue weighted by Gasteiger charge is -2.16. The van der Waals surface area contributed by atoms with Crippen molar-refractivity contribution in [2.24, 2.45) is 11.7 Å². The van der Waals surface area contributed by atoms with Gasteiger partial charge in [0.2, 0.25) is 5.89 Å². The van der Waals surface area contributed by atoms with Crippen LogP contribution in [0.2, 0.25) is 0 Å². The van der Waals surface area contributed by atoms with Gasteiger partial charge in [-0.05, 0) is 24.9 Å². The normalized spacial score (nSPS) is 19.1. The van der Waals surface area contributed by atoms with Crippen LogP contribution < -0.4 is 5.73 Å². The van der Waals surface area contributed by atoms with E-state index in [1.807, 2.05) is 6.20 Å². The van der Waals surface area contributed by atoms with E-state index in [0.29, 0.717) is 18.4 Å². The fourth-order valence-electron chi connectivity index (χ4n) is 3.83. The summed E-state index contributed by atoms with van der Waals surface area (Å²) >= 11 is 0. The van der Waals surface area contributed by atoms with Crippen molar-refractivity contribution in [3.05, 3.63) is 77.8 Å². The Balaban J connectivity index is 0.00000140. The van der Waals surface area contributed by atoms with E-state index in [4.69, 9.17) is 10.2 Å². The van der Waals surface area contributed by atoms with Gasteiger partial charge in [0.1, 0.15) is 0 Å². The van der Waals surface area contributed by atoms with Gasteiger partial charge in [0, 0.05) is 24.6 Å². The Labute approximate surface area is 179 Å². The predicted octanol–water partition coefficient (Wildman–Crippen LogP) is 4.67. The fourth-order valence-corrected chi connectivity index (χ4v) is 3.83. The van der Waals surface area contributed by atoms with E-state index >= 15 is 0 Å². The Morgan fingerprint density at radius 3 is 2.43 bits per heavy atom. The summed E-state index contributed by atoms with van der Waals surface area (Å²) in [7, 11) is 0. The van der Waals surface area contributed by atoms with E-state index in [-0.39, 0.29) is 24.8 Å². The average Bonchev–Trinajstić information content (AvgIpc) is 3.30. The van der Waals surface area contributed by atoms with Crippen LogP contribution >= 0.6 is 24.8 Å². The van der Waals surface area contributed by atoms with E-state index in [1.165, 1.54) is 11.1 Å². The third-order valence-corrected chi connectivity index (χ3v) is 5.30. The van der Waals surface area contributed by atoms with Crippen molar-refractivity contribution in [2.45, 2.75) is 19.4 Å².